The Balaban J connectivity index is 1.41. The van der Waals surface area contributed by atoms with Crippen molar-refractivity contribution < 1.29 is 19.4 Å². The quantitative estimate of drug-likeness (QED) is 0.868. The van der Waals surface area contributed by atoms with Gasteiger partial charge in [-0.3, -0.25) is 4.79 Å². The van der Waals surface area contributed by atoms with Crippen LogP contribution in [0.25, 0.3) is 10.8 Å². The van der Waals surface area contributed by atoms with Crippen LogP contribution in [0.3, 0.4) is 0 Å². The van der Waals surface area contributed by atoms with Crippen molar-refractivity contribution in [1.82, 2.24) is 10.2 Å². The number of benzene rings is 2. The minimum Gasteiger partial charge on any atom is -0.497 e. The maximum atomic E-state index is 12.6. The van der Waals surface area contributed by atoms with Crippen LogP contribution in [0.1, 0.15) is 24.8 Å². The molecule has 0 bridgehead atoms. The number of rotatable bonds is 4. The van der Waals surface area contributed by atoms with Crippen LogP contribution in [0.5, 0.6) is 5.75 Å². The Morgan fingerprint density at radius 3 is 2.78 bits per heavy atom. The van der Waals surface area contributed by atoms with Crippen molar-refractivity contribution in [2.45, 2.75) is 25.8 Å². The molecule has 142 valence electrons. The lowest BCUT2D eigenvalue weighted by molar-refractivity contribution is -0.149. The Hall–Kier alpha value is -2.76. The van der Waals surface area contributed by atoms with E-state index in [4.69, 9.17) is 4.74 Å². The summed E-state index contributed by atoms with van der Waals surface area (Å²) in [7, 11) is 1.64. The Labute approximate surface area is 158 Å². The number of nitrogens with zero attached hydrogens (tertiary/aromatic N) is 1. The maximum absolute atomic E-state index is 12.6. The zero-order valence-corrected chi connectivity index (χ0v) is 15.4. The van der Waals surface area contributed by atoms with E-state index >= 15 is 0 Å². The van der Waals surface area contributed by atoms with Gasteiger partial charge in [0.05, 0.1) is 12.5 Å². The number of ether oxygens (including phenoxy) is 1. The molecule has 1 aliphatic heterocycles. The van der Waals surface area contributed by atoms with E-state index in [1.165, 1.54) is 0 Å². The van der Waals surface area contributed by atoms with E-state index in [0.717, 1.165) is 34.9 Å². The van der Waals surface area contributed by atoms with Gasteiger partial charge < -0.3 is 20.1 Å². The largest absolute Gasteiger partial charge is 0.497 e. The van der Waals surface area contributed by atoms with Crippen molar-refractivity contribution in [2.24, 2.45) is 11.3 Å². The standard InChI is InChI=1S/C21H24N2O4/c1-27-18-7-6-15-9-14(4-5-16(15)10-18)11-22-20(26)23-12-17-3-2-8-21(17,13-23)19(24)25/h4-7,9-10,17H,2-3,8,11-13H2,1H3,(H,22,26)(H,24,25)/t17-,21+/m0/s1. The summed E-state index contributed by atoms with van der Waals surface area (Å²) in [6.45, 7) is 1.27. The molecule has 2 N–H and O–H groups in total. The van der Waals surface area contributed by atoms with Crippen LogP contribution in [-0.4, -0.2) is 42.2 Å². The number of carbonyl (C=O) groups excluding carboxylic acids is 1. The highest BCUT2D eigenvalue weighted by Crippen LogP contribution is 2.48. The Bertz CT molecular complexity index is 897. The molecule has 1 saturated heterocycles. The number of carboxylic acid groups (broad SMARTS) is 1. The summed E-state index contributed by atoms with van der Waals surface area (Å²) in [4.78, 5) is 26.0. The predicted molar refractivity (Wildman–Crippen MR) is 102 cm³/mol. The topological polar surface area (TPSA) is 78.9 Å². The van der Waals surface area contributed by atoms with Gasteiger partial charge in [0.1, 0.15) is 5.75 Å². The molecule has 2 amide bonds. The summed E-state index contributed by atoms with van der Waals surface area (Å²) in [6, 6.07) is 11.8. The van der Waals surface area contributed by atoms with Crippen molar-refractivity contribution in [3.05, 3.63) is 42.0 Å². The third-order valence-corrected chi connectivity index (χ3v) is 6.14. The van der Waals surface area contributed by atoms with Crippen LogP contribution >= 0.6 is 0 Å². The maximum Gasteiger partial charge on any atom is 0.317 e. The van der Waals surface area contributed by atoms with Crippen molar-refractivity contribution in [2.75, 3.05) is 20.2 Å². The zero-order valence-electron chi connectivity index (χ0n) is 15.4. The van der Waals surface area contributed by atoms with Crippen molar-refractivity contribution in [1.29, 1.82) is 0 Å². The van der Waals surface area contributed by atoms with Gasteiger partial charge in [-0.2, -0.15) is 0 Å². The molecule has 0 radical (unpaired) electrons. The minimum atomic E-state index is -0.759. The minimum absolute atomic E-state index is 0.0800. The number of hydrogen-bond donors (Lipinski definition) is 2. The van der Waals surface area contributed by atoms with Crippen molar-refractivity contribution in [3.63, 3.8) is 0 Å². The van der Waals surface area contributed by atoms with Gasteiger partial charge in [-0.05, 0) is 53.3 Å². The SMILES string of the molecule is COc1ccc2cc(CNC(=O)N3C[C@@H]4CCC[C@@]4(C(=O)O)C3)ccc2c1. The van der Waals surface area contributed by atoms with Gasteiger partial charge in [0, 0.05) is 19.6 Å². The number of aliphatic carboxylic acids is 1. The molecule has 1 heterocycles. The first kappa shape index (κ1) is 17.6. The molecular formula is C21H24N2O4. The summed E-state index contributed by atoms with van der Waals surface area (Å²) in [5, 5.41) is 14.8. The summed E-state index contributed by atoms with van der Waals surface area (Å²) >= 11 is 0. The number of nitrogens with one attached hydrogen (secondary N) is 1. The second-order valence-corrected chi connectivity index (χ2v) is 7.64. The van der Waals surface area contributed by atoms with Gasteiger partial charge in [-0.15, -0.1) is 0 Å². The summed E-state index contributed by atoms with van der Waals surface area (Å²) in [5.41, 5.74) is 0.271. The summed E-state index contributed by atoms with van der Waals surface area (Å²) < 4.78 is 5.24. The van der Waals surface area contributed by atoms with E-state index in [1.54, 1.807) is 12.0 Å². The van der Waals surface area contributed by atoms with E-state index in [9.17, 15) is 14.7 Å². The first-order valence-electron chi connectivity index (χ1n) is 9.35. The third kappa shape index (κ3) is 3.09. The first-order chi connectivity index (χ1) is 13.0. The summed E-state index contributed by atoms with van der Waals surface area (Å²) in [6.07, 6.45) is 2.50. The smallest absolute Gasteiger partial charge is 0.317 e. The summed E-state index contributed by atoms with van der Waals surface area (Å²) in [5.74, 6) is 0.136. The Kier molecular flexibility index (Phi) is 4.42. The molecule has 2 aromatic rings. The second-order valence-electron chi connectivity index (χ2n) is 7.64. The number of amides is 2. The fourth-order valence-electron chi connectivity index (χ4n) is 4.59. The van der Waals surface area contributed by atoms with Gasteiger partial charge in [0.2, 0.25) is 0 Å². The Morgan fingerprint density at radius 2 is 2.04 bits per heavy atom. The molecule has 2 fully saturated rings. The number of urea groups is 1. The number of fused-ring (bicyclic) bond motifs is 2. The lowest BCUT2D eigenvalue weighted by Crippen LogP contribution is -2.41. The van der Waals surface area contributed by atoms with Gasteiger partial charge in [-0.25, -0.2) is 4.79 Å². The molecule has 0 unspecified atom stereocenters. The van der Waals surface area contributed by atoms with E-state index in [1.807, 2.05) is 36.4 Å². The number of carboxylic acids is 1. The zero-order chi connectivity index (χ0) is 19.0. The van der Waals surface area contributed by atoms with Gasteiger partial charge >= 0.3 is 12.0 Å². The first-order valence-corrected chi connectivity index (χ1v) is 9.35. The van der Waals surface area contributed by atoms with Gasteiger partial charge in [0.15, 0.2) is 0 Å². The molecule has 0 spiro atoms. The molecule has 6 nitrogen and oxygen atoms in total. The molecular weight excluding hydrogens is 344 g/mol. The van der Waals surface area contributed by atoms with Crippen LogP contribution in [0.2, 0.25) is 0 Å². The van der Waals surface area contributed by atoms with E-state index in [0.29, 0.717) is 26.1 Å². The van der Waals surface area contributed by atoms with E-state index < -0.39 is 11.4 Å². The van der Waals surface area contributed by atoms with Gasteiger partial charge in [0.25, 0.3) is 0 Å². The molecule has 2 atom stereocenters. The fraction of sp³-hybridized carbons (Fsp3) is 0.429. The van der Waals surface area contributed by atoms with Crippen molar-refractivity contribution in [3.8, 4) is 5.75 Å². The van der Waals surface area contributed by atoms with Crippen LogP contribution in [0.4, 0.5) is 4.79 Å². The lowest BCUT2D eigenvalue weighted by Gasteiger charge is -2.23. The molecule has 0 aromatic heterocycles. The molecule has 27 heavy (non-hydrogen) atoms. The second kappa shape index (κ2) is 6.76. The molecule has 4 rings (SSSR count). The van der Waals surface area contributed by atoms with Crippen LogP contribution in [0, 0.1) is 11.3 Å². The monoisotopic (exact) mass is 368 g/mol. The lowest BCUT2D eigenvalue weighted by atomic mass is 9.81. The van der Waals surface area contributed by atoms with Gasteiger partial charge in [-0.1, -0.05) is 24.6 Å². The molecule has 1 saturated carbocycles. The third-order valence-electron chi connectivity index (χ3n) is 6.14. The number of hydrogen-bond acceptors (Lipinski definition) is 3. The van der Waals surface area contributed by atoms with Crippen LogP contribution in [-0.2, 0) is 11.3 Å². The highest BCUT2D eigenvalue weighted by molar-refractivity contribution is 5.85. The van der Waals surface area contributed by atoms with E-state index in [-0.39, 0.29) is 11.9 Å². The molecule has 1 aliphatic carbocycles. The molecule has 2 aromatic carbocycles. The molecule has 6 heteroatoms. The average molecular weight is 368 g/mol. The number of likely N-dealkylation sites (tertiary alicyclic amines) is 1. The number of methoxy groups -OCH3 is 1. The highest BCUT2D eigenvalue weighted by atomic mass is 16.5. The Morgan fingerprint density at radius 1 is 1.26 bits per heavy atom. The van der Waals surface area contributed by atoms with Crippen LogP contribution in [0.15, 0.2) is 36.4 Å². The fourth-order valence-corrected chi connectivity index (χ4v) is 4.59. The van der Waals surface area contributed by atoms with E-state index in [2.05, 4.69) is 5.32 Å². The highest BCUT2D eigenvalue weighted by Gasteiger charge is 2.55. The van der Waals surface area contributed by atoms with Crippen LogP contribution < -0.4 is 10.1 Å². The average Bonchev–Trinajstić information content (AvgIpc) is 3.24. The van der Waals surface area contributed by atoms with Crippen molar-refractivity contribution >= 4 is 22.8 Å². The molecule has 2 aliphatic rings. The number of carbonyl (C=O) groups is 2. The predicted octanol–water partition coefficient (Wildman–Crippen LogP) is 3.24. The normalized spacial score (nSPS) is 24.0.